The maximum absolute atomic E-state index is 13.0. The lowest BCUT2D eigenvalue weighted by Crippen LogP contribution is -2.39. The van der Waals surface area contributed by atoms with E-state index in [1.807, 2.05) is 0 Å². The van der Waals surface area contributed by atoms with Crippen molar-refractivity contribution in [3.63, 3.8) is 0 Å². The average molecular weight is 381 g/mol. The largest absolute Gasteiger partial charge is 0.393 e. The lowest BCUT2D eigenvalue weighted by Gasteiger charge is -2.27. The van der Waals surface area contributed by atoms with E-state index in [-0.39, 0.29) is 22.9 Å². The van der Waals surface area contributed by atoms with Gasteiger partial charge in [0.15, 0.2) is 0 Å². The predicted octanol–water partition coefficient (Wildman–Crippen LogP) is 2.20. The smallest absolute Gasteiger partial charge is 0.251 e. The number of hydrogen-bond acceptors (Lipinski definition) is 4. The summed E-state index contributed by atoms with van der Waals surface area (Å²) in [6.45, 7) is 2.85. The van der Waals surface area contributed by atoms with Crippen molar-refractivity contribution in [1.82, 2.24) is 9.62 Å². The number of sulfonamides is 1. The number of amides is 1. The Morgan fingerprint density at radius 2 is 1.77 bits per heavy atom. The minimum atomic E-state index is -3.57. The van der Waals surface area contributed by atoms with Crippen molar-refractivity contribution < 1.29 is 18.3 Å². The third kappa shape index (κ3) is 4.27. The molecule has 26 heavy (non-hydrogen) atoms. The van der Waals surface area contributed by atoms with E-state index in [0.29, 0.717) is 37.1 Å². The molecule has 1 saturated carbocycles. The molecule has 1 heterocycles. The molecule has 144 valence electrons. The van der Waals surface area contributed by atoms with Gasteiger partial charge < -0.3 is 10.4 Å². The van der Waals surface area contributed by atoms with E-state index in [4.69, 9.17) is 0 Å². The lowest BCUT2D eigenvalue weighted by atomic mass is 9.93. The number of aliphatic hydroxyl groups excluding tert-OH is 1. The van der Waals surface area contributed by atoms with Gasteiger partial charge in [0.05, 0.1) is 11.0 Å². The van der Waals surface area contributed by atoms with Gasteiger partial charge in [-0.1, -0.05) is 12.5 Å². The van der Waals surface area contributed by atoms with E-state index in [1.54, 1.807) is 19.1 Å². The zero-order chi connectivity index (χ0) is 18.7. The van der Waals surface area contributed by atoms with Gasteiger partial charge >= 0.3 is 0 Å². The van der Waals surface area contributed by atoms with E-state index in [0.717, 1.165) is 32.1 Å². The highest BCUT2D eigenvalue weighted by Crippen LogP contribution is 2.25. The summed E-state index contributed by atoms with van der Waals surface area (Å²) in [4.78, 5) is 12.8. The first-order valence-electron chi connectivity index (χ1n) is 9.47. The van der Waals surface area contributed by atoms with Crippen LogP contribution in [-0.4, -0.2) is 49.0 Å². The molecule has 1 aliphatic heterocycles. The number of hydrogen-bond donors (Lipinski definition) is 2. The number of carbonyl (C=O) groups is 1. The van der Waals surface area contributed by atoms with Gasteiger partial charge in [-0.05, 0) is 63.1 Å². The minimum Gasteiger partial charge on any atom is -0.393 e. The van der Waals surface area contributed by atoms with Crippen molar-refractivity contribution in [3.8, 4) is 0 Å². The number of benzene rings is 1. The Hall–Kier alpha value is -1.44. The number of nitrogens with one attached hydrogen (secondary N) is 1. The Bertz CT molecular complexity index is 749. The number of rotatable bonds is 4. The molecule has 3 rings (SSSR count). The van der Waals surface area contributed by atoms with E-state index < -0.39 is 10.0 Å². The van der Waals surface area contributed by atoms with Gasteiger partial charge in [0.2, 0.25) is 10.0 Å². The van der Waals surface area contributed by atoms with Crippen LogP contribution in [0.1, 0.15) is 60.9 Å². The summed E-state index contributed by atoms with van der Waals surface area (Å²) >= 11 is 0. The van der Waals surface area contributed by atoms with Crippen molar-refractivity contribution in [1.29, 1.82) is 0 Å². The van der Waals surface area contributed by atoms with Gasteiger partial charge in [0.25, 0.3) is 5.91 Å². The monoisotopic (exact) mass is 380 g/mol. The van der Waals surface area contributed by atoms with Gasteiger partial charge in [-0.25, -0.2) is 8.42 Å². The van der Waals surface area contributed by atoms with Gasteiger partial charge in [0.1, 0.15) is 0 Å². The first-order valence-corrected chi connectivity index (χ1v) is 10.9. The average Bonchev–Trinajstić information content (AvgIpc) is 2.64. The predicted molar refractivity (Wildman–Crippen MR) is 99.5 cm³/mol. The third-order valence-corrected chi connectivity index (χ3v) is 7.46. The number of aryl methyl sites for hydroxylation is 1. The SMILES string of the molecule is Cc1ccc(C(=O)NC2CCC(O)CC2)cc1S(=O)(=O)N1CCCCC1. The van der Waals surface area contributed by atoms with Crippen LogP contribution in [-0.2, 0) is 10.0 Å². The molecule has 1 aliphatic carbocycles. The molecule has 0 unspecified atom stereocenters. The van der Waals surface area contributed by atoms with E-state index >= 15 is 0 Å². The maximum atomic E-state index is 13.0. The molecule has 1 aromatic carbocycles. The molecule has 2 fully saturated rings. The Labute approximate surface area is 155 Å². The Morgan fingerprint density at radius 1 is 1.12 bits per heavy atom. The second-order valence-corrected chi connectivity index (χ2v) is 9.33. The molecule has 0 radical (unpaired) electrons. The summed E-state index contributed by atoms with van der Waals surface area (Å²) in [6.07, 6.45) is 5.42. The molecule has 1 saturated heterocycles. The van der Waals surface area contributed by atoms with Crippen LogP contribution in [0.4, 0.5) is 0 Å². The normalized spacial score (nSPS) is 25.0. The number of piperidine rings is 1. The Morgan fingerprint density at radius 3 is 2.42 bits per heavy atom. The molecule has 0 aromatic heterocycles. The molecule has 1 amide bonds. The highest BCUT2D eigenvalue weighted by atomic mass is 32.2. The van der Waals surface area contributed by atoms with Crippen LogP contribution in [0.15, 0.2) is 23.1 Å². The highest BCUT2D eigenvalue weighted by Gasteiger charge is 2.28. The highest BCUT2D eigenvalue weighted by molar-refractivity contribution is 7.89. The van der Waals surface area contributed by atoms with E-state index in [2.05, 4.69) is 5.32 Å². The van der Waals surface area contributed by atoms with Crippen molar-refractivity contribution >= 4 is 15.9 Å². The molecule has 6 nitrogen and oxygen atoms in total. The van der Waals surface area contributed by atoms with Crippen molar-refractivity contribution in [2.45, 2.75) is 68.9 Å². The van der Waals surface area contributed by atoms with Gasteiger partial charge in [-0.15, -0.1) is 0 Å². The quantitative estimate of drug-likeness (QED) is 0.838. The zero-order valence-corrected chi connectivity index (χ0v) is 16.1. The fourth-order valence-corrected chi connectivity index (χ4v) is 5.52. The first kappa shape index (κ1) is 19.3. The summed E-state index contributed by atoms with van der Waals surface area (Å²) in [5.74, 6) is -0.249. The molecule has 7 heteroatoms. The topological polar surface area (TPSA) is 86.7 Å². The van der Waals surface area contributed by atoms with Crippen LogP contribution in [0.5, 0.6) is 0 Å². The van der Waals surface area contributed by atoms with Crippen LogP contribution < -0.4 is 5.32 Å². The van der Waals surface area contributed by atoms with Crippen molar-refractivity contribution in [2.75, 3.05) is 13.1 Å². The molecular weight excluding hydrogens is 352 g/mol. The number of carbonyl (C=O) groups excluding carboxylic acids is 1. The fraction of sp³-hybridized carbons (Fsp3) is 0.632. The molecule has 0 atom stereocenters. The summed E-state index contributed by atoms with van der Waals surface area (Å²) < 4.78 is 27.5. The summed E-state index contributed by atoms with van der Waals surface area (Å²) in [5.41, 5.74) is 1.03. The van der Waals surface area contributed by atoms with Crippen LogP contribution in [0.25, 0.3) is 0 Å². The van der Waals surface area contributed by atoms with Crippen LogP contribution in [0, 0.1) is 6.92 Å². The minimum absolute atomic E-state index is 0.0364. The lowest BCUT2D eigenvalue weighted by molar-refractivity contribution is 0.0867. The molecular formula is C19H28N2O4S. The van der Waals surface area contributed by atoms with Crippen molar-refractivity contribution in [2.24, 2.45) is 0 Å². The number of aliphatic hydroxyl groups is 1. The van der Waals surface area contributed by atoms with Gasteiger partial charge in [-0.3, -0.25) is 4.79 Å². The molecule has 0 spiro atoms. The maximum Gasteiger partial charge on any atom is 0.251 e. The first-order chi connectivity index (χ1) is 12.4. The summed E-state index contributed by atoms with van der Waals surface area (Å²) in [7, 11) is -3.57. The van der Waals surface area contributed by atoms with Gasteiger partial charge in [0, 0.05) is 24.7 Å². The van der Waals surface area contributed by atoms with Crippen LogP contribution in [0.3, 0.4) is 0 Å². The van der Waals surface area contributed by atoms with Gasteiger partial charge in [-0.2, -0.15) is 4.31 Å². The molecule has 0 bridgehead atoms. The standard InChI is InChI=1S/C19H28N2O4S/c1-14-5-6-15(19(23)20-16-7-9-17(22)10-8-16)13-18(14)26(24,25)21-11-3-2-4-12-21/h5-6,13,16-17,22H,2-4,7-12H2,1H3,(H,20,23). The molecule has 2 N–H and O–H groups in total. The Kier molecular flexibility index (Phi) is 5.99. The number of nitrogens with zero attached hydrogens (tertiary/aromatic N) is 1. The molecule has 2 aliphatic rings. The van der Waals surface area contributed by atoms with Crippen molar-refractivity contribution in [3.05, 3.63) is 29.3 Å². The fourth-order valence-electron chi connectivity index (χ4n) is 3.75. The van der Waals surface area contributed by atoms with E-state index in [9.17, 15) is 18.3 Å². The third-order valence-electron chi connectivity index (χ3n) is 5.42. The summed E-state index contributed by atoms with van der Waals surface area (Å²) in [6, 6.07) is 4.93. The second kappa shape index (κ2) is 8.06. The van der Waals surface area contributed by atoms with Crippen LogP contribution >= 0.6 is 0 Å². The summed E-state index contributed by atoms with van der Waals surface area (Å²) in [5, 5.41) is 12.5. The second-order valence-electron chi connectivity index (χ2n) is 7.42. The Balaban J connectivity index is 1.77. The van der Waals surface area contributed by atoms with E-state index in [1.165, 1.54) is 10.4 Å². The van der Waals surface area contributed by atoms with Crippen LogP contribution in [0.2, 0.25) is 0 Å². The molecule has 1 aromatic rings. The zero-order valence-electron chi connectivity index (χ0n) is 15.3.